The topological polar surface area (TPSA) is 63.9 Å². The lowest BCUT2D eigenvalue weighted by Crippen LogP contribution is -2.35. The number of benzene rings is 1. The van der Waals surface area contributed by atoms with E-state index in [0.29, 0.717) is 32.1 Å². The van der Waals surface area contributed by atoms with Crippen molar-refractivity contribution >= 4 is 0 Å². The second-order valence-electron chi connectivity index (χ2n) is 5.73. The van der Waals surface area contributed by atoms with Gasteiger partial charge in [0.1, 0.15) is 30.3 Å². The van der Waals surface area contributed by atoms with E-state index in [1.807, 2.05) is 31.2 Å². The van der Waals surface area contributed by atoms with Crippen LogP contribution in [0.25, 0.3) is 0 Å². The van der Waals surface area contributed by atoms with E-state index in [9.17, 15) is 5.11 Å². The Morgan fingerprint density at radius 1 is 1.18 bits per heavy atom. The molecule has 0 amide bonds. The van der Waals surface area contributed by atoms with Crippen molar-refractivity contribution in [2.45, 2.75) is 26.0 Å². The molecule has 1 atom stereocenters. The highest BCUT2D eigenvalue weighted by atomic mass is 16.6. The number of fused-ring (bicyclic) bond motifs is 1. The van der Waals surface area contributed by atoms with Crippen LogP contribution >= 0.6 is 0 Å². The van der Waals surface area contributed by atoms with Gasteiger partial charge in [-0.1, -0.05) is 12.1 Å². The average Bonchev–Trinajstić information content (AvgIpc) is 2.95. The summed E-state index contributed by atoms with van der Waals surface area (Å²) in [6.45, 7) is 5.70. The van der Waals surface area contributed by atoms with Gasteiger partial charge in [0, 0.05) is 18.7 Å². The molecule has 2 heterocycles. The molecule has 118 valence electrons. The Bertz CT molecular complexity index is 648. The molecule has 2 N–H and O–H groups in total. The number of rotatable bonds is 5. The molecular formula is C17H21NO4. The highest BCUT2D eigenvalue weighted by Gasteiger charge is 2.26. The second kappa shape index (κ2) is 6.02. The van der Waals surface area contributed by atoms with Gasteiger partial charge in [-0.3, -0.25) is 0 Å². The van der Waals surface area contributed by atoms with Crippen molar-refractivity contribution in [2.24, 2.45) is 0 Å². The van der Waals surface area contributed by atoms with Crippen LogP contribution < -0.4 is 14.8 Å². The summed E-state index contributed by atoms with van der Waals surface area (Å²) in [6.07, 6.45) is 0. The number of aliphatic hydroxyl groups is 1. The lowest BCUT2D eigenvalue weighted by Gasteiger charge is -2.23. The molecule has 0 saturated heterocycles. The van der Waals surface area contributed by atoms with Crippen LogP contribution in [0.1, 0.15) is 24.0 Å². The fourth-order valence-corrected chi connectivity index (χ4v) is 2.52. The molecule has 0 aliphatic carbocycles. The van der Waals surface area contributed by atoms with E-state index in [-0.39, 0.29) is 0 Å². The molecule has 0 radical (unpaired) electrons. The number of aryl methyl sites for hydroxylation is 1. The number of nitrogens with one attached hydrogen (secondary N) is 1. The van der Waals surface area contributed by atoms with Gasteiger partial charge >= 0.3 is 0 Å². The minimum Gasteiger partial charge on any atom is -0.486 e. The highest BCUT2D eigenvalue weighted by molar-refractivity contribution is 5.47. The molecule has 22 heavy (non-hydrogen) atoms. The third kappa shape index (κ3) is 3.10. The van der Waals surface area contributed by atoms with Gasteiger partial charge in [0.25, 0.3) is 0 Å². The van der Waals surface area contributed by atoms with Crippen molar-refractivity contribution in [1.29, 1.82) is 0 Å². The maximum absolute atomic E-state index is 10.5. The SMILES string of the molecule is Cc1ccc(C(C)(O)CNCc2cccc3c2OCCO3)o1. The highest BCUT2D eigenvalue weighted by Crippen LogP contribution is 2.33. The summed E-state index contributed by atoms with van der Waals surface area (Å²) >= 11 is 0. The van der Waals surface area contributed by atoms with E-state index < -0.39 is 5.60 Å². The Hall–Kier alpha value is -1.98. The summed E-state index contributed by atoms with van der Waals surface area (Å²) in [7, 11) is 0. The zero-order valence-electron chi connectivity index (χ0n) is 12.9. The fraction of sp³-hybridized carbons (Fsp3) is 0.412. The molecule has 0 bridgehead atoms. The van der Waals surface area contributed by atoms with Gasteiger partial charge in [-0.05, 0) is 32.0 Å². The number of hydrogen-bond donors (Lipinski definition) is 2. The first-order valence-corrected chi connectivity index (χ1v) is 7.44. The molecule has 5 heteroatoms. The maximum atomic E-state index is 10.5. The Kier molecular flexibility index (Phi) is 4.09. The summed E-state index contributed by atoms with van der Waals surface area (Å²) < 4.78 is 16.8. The average molecular weight is 303 g/mol. The monoisotopic (exact) mass is 303 g/mol. The molecule has 0 spiro atoms. The fourth-order valence-electron chi connectivity index (χ4n) is 2.52. The van der Waals surface area contributed by atoms with Crippen LogP contribution in [0.3, 0.4) is 0 Å². The predicted molar refractivity (Wildman–Crippen MR) is 82.2 cm³/mol. The van der Waals surface area contributed by atoms with Gasteiger partial charge < -0.3 is 24.3 Å². The van der Waals surface area contributed by atoms with E-state index in [2.05, 4.69) is 5.32 Å². The Labute approximate surface area is 129 Å². The molecule has 1 aromatic carbocycles. The minimum atomic E-state index is -1.06. The van der Waals surface area contributed by atoms with Crippen LogP contribution in [-0.2, 0) is 12.1 Å². The Morgan fingerprint density at radius 3 is 2.77 bits per heavy atom. The van der Waals surface area contributed by atoms with Gasteiger partial charge in [-0.15, -0.1) is 0 Å². The van der Waals surface area contributed by atoms with Crippen LogP contribution in [-0.4, -0.2) is 24.9 Å². The van der Waals surface area contributed by atoms with Crippen LogP contribution in [0.15, 0.2) is 34.7 Å². The first kappa shape index (κ1) is 14.9. The first-order chi connectivity index (χ1) is 10.6. The van der Waals surface area contributed by atoms with Gasteiger partial charge in [-0.2, -0.15) is 0 Å². The molecular weight excluding hydrogens is 282 g/mol. The van der Waals surface area contributed by atoms with E-state index in [0.717, 1.165) is 22.8 Å². The predicted octanol–water partition coefficient (Wildman–Crippen LogP) is 2.36. The zero-order chi connectivity index (χ0) is 15.6. The Balaban J connectivity index is 1.64. The van der Waals surface area contributed by atoms with Crippen LogP contribution in [0.5, 0.6) is 11.5 Å². The van der Waals surface area contributed by atoms with E-state index in [4.69, 9.17) is 13.9 Å². The molecule has 0 saturated carbocycles. The lowest BCUT2D eigenvalue weighted by molar-refractivity contribution is 0.0332. The van der Waals surface area contributed by atoms with Gasteiger partial charge in [0.15, 0.2) is 11.5 Å². The smallest absolute Gasteiger partial charge is 0.165 e. The van der Waals surface area contributed by atoms with Crippen molar-refractivity contribution in [2.75, 3.05) is 19.8 Å². The molecule has 1 aliphatic rings. The summed E-state index contributed by atoms with van der Waals surface area (Å²) in [5.74, 6) is 2.92. The van der Waals surface area contributed by atoms with Crippen molar-refractivity contribution in [3.63, 3.8) is 0 Å². The van der Waals surface area contributed by atoms with Crippen molar-refractivity contribution < 1.29 is 19.0 Å². The maximum Gasteiger partial charge on any atom is 0.165 e. The third-order valence-electron chi connectivity index (χ3n) is 3.70. The Morgan fingerprint density at radius 2 is 2.00 bits per heavy atom. The summed E-state index contributed by atoms with van der Waals surface area (Å²) in [5, 5.41) is 13.8. The van der Waals surface area contributed by atoms with E-state index in [1.165, 1.54) is 0 Å². The van der Waals surface area contributed by atoms with Crippen molar-refractivity contribution in [1.82, 2.24) is 5.32 Å². The van der Waals surface area contributed by atoms with Gasteiger partial charge in [-0.25, -0.2) is 0 Å². The summed E-state index contributed by atoms with van der Waals surface area (Å²) in [6, 6.07) is 9.49. The summed E-state index contributed by atoms with van der Waals surface area (Å²) in [5.41, 5.74) is -0.0379. The van der Waals surface area contributed by atoms with Gasteiger partial charge in [0.05, 0.1) is 0 Å². The third-order valence-corrected chi connectivity index (χ3v) is 3.70. The van der Waals surface area contributed by atoms with Crippen LogP contribution in [0, 0.1) is 6.92 Å². The van der Waals surface area contributed by atoms with Crippen molar-refractivity contribution in [3.8, 4) is 11.5 Å². The van der Waals surface area contributed by atoms with Crippen LogP contribution in [0.2, 0.25) is 0 Å². The lowest BCUT2D eigenvalue weighted by atomic mass is 10.0. The number of hydrogen-bond acceptors (Lipinski definition) is 5. The molecule has 1 unspecified atom stereocenters. The minimum absolute atomic E-state index is 0.379. The second-order valence-corrected chi connectivity index (χ2v) is 5.73. The zero-order valence-corrected chi connectivity index (χ0v) is 12.9. The molecule has 3 rings (SSSR count). The van der Waals surface area contributed by atoms with E-state index in [1.54, 1.807) is 13.0 Å². The van der Waals surface area contributed by atoms with Crippen LogP contribution in [0.4, 0.5) is 0 Å². The molecule has 1 aromatic heterocycles. The first-order valence-electron chi connectivity index (χ1n) is 7.44. The summed E-state index contributed by atoms with van der Waals surface area (Å²) in [4.78, 5) is 0. The normalized spacial score (nSPS) is 16.3. The number of para-hydroxylation sites is 1. The van der Waals surface area contributed by atoms with E-state index >= 15 is 0 Å². The quantitative estimate of drug-likeness (QED) is 0.888. The largest absolute Gasteiger partial charge is 0.486 e. The molecule has 2 aromatic rings. The molecule has 0 fully saturated rings. The van der Waals surface area contributed by atoms with Gasteiger partial charge in [0.2, 0.25) is 0 Å². The number of furan rings is 1. The molecule has 5 nitrogen and oxygen atoms in total. The number of ether oxygens (including phenoxy) is 2. The standard InChI is InChI=1S/C17H21NO4/c1-12-6-7-15(22-12)17(2,19)11-18-10-13-4-3-5-14-16(13)21-9-8-20-14/h3-7,18-19H,8-11H2,1-2H3. The van der Waals surface area contributed by atoms with Crippen molar-refractivity contribution in [3.05, 3.63) is 47.4 Å². The molecule has 1 aliphatic heterocycles.